The zero-order chi connectivity index (χ0) is 18.8. The molecule has 140 valence electrons. The highest BCUT2D eigenvalue weighted by Crippen LogP contribution is 2.22. The molecule has 1 amide bonds. The monoisotopic (exact) mass is 351 g/mol. The van der Waals surface area contributed by atoms with E-state index < -0.39 is 6.16 Å². The Hall–Kier alpha value is -2.24. The SMILES string of the molecule is COc1cc(C)c(CC(=O)NC2CCCCCC2)c(C)c1.O=C(O)O. The van der Waals surface area contributed by atoms with Gasteiger partial charge in [-0.05, 0) is 55.5 Å². The molecule has 6 nitrogen and oxygen atoms in total. The second kappa shape index (κ2) is 10.6. The van der Waals surface area contributed by atoms with Gasteiger partial charge in [0.25, 0.3) is 0 Å². The fourth-order valence-electron chi connectivity index (χ4n) is 3.21. The van der Waals surface area contributed by atoms with E-state index in [2.05, 4.69) is 5.32 Å². The van der Waals surface area contributed by atoms with Crippen LogP contribution in [0.25, 0.3) is 0 Å². The molecule has 0 unspecified atom stereocenters. The van der Waals surface area contributed by atoms with Crippen LogP contribution in [-0.4, -0.2) is 35.4 Å². The van der Waals surface area contributed by atoms with Crippen molar-refractivity contribution in [2.45, 2.75) is 64.8 Å². The Morgan fingerprint density at radius 2 is 1.56 bits per heavy atom. The summed E-state index contributed by atoms with van der Waals surface area (Å²) in [5.41, 5.74) is 3.38. The number of amides is 1. The molecule has 1 aliphatic carbocycles. The van der Waals surface area contributed by atoms with Crippen LogP contribution in [0.3, 0.4) is 0 Å². The fourth-order valence-corrected chi connectivity index (χ4v) is 3.21. The minimum atomic E-state index is -1.83. The van der Waals surface area contributed by atoms with Gasteiger partial charge in [-0.2, -0.15) is 0 Å². The molecule has 25 heavy (non-hydrogen) atoms. The van der Waals surface area contributed by atoms with Crippen LogP contribution >= 0.6 is 0 Å². The summed E-state index contributed by atoms with van der Waals surface area (Å²) < 4.78 is 5.27. The van der Waals surface area contributed by atoms with Crippen molar-refractivity contribution in [2.75, 3.05) is 7.11 Å². The average Bonchev–Trinajstić information content (AvgIpc) is 2.78. The summed E-state index contributed by atoms with van der Waals surface area (Å²) in [7, 11) is 1.67. The molecular weight excluding hydrogens is 322 g/mol. The second-order valence-electron chi connectivity index (χ2n) is 6.46. The Labute approximate surface area is 149 Å². The van der Waals surface area contributed by atoms with E-state index >= 15 is 0 Å². The number of aryl methyl sites for hydroxylation is 2. The van der Waals surface area contributed by atoms with E-state index in [0.717, 1.165) is 35.3 Å². The number of ether oxygens (including phenoxy) is 1. The summed E-state index contributed by atoms with van der Waals surface area (Å²) in [6.07, 6.45) is 6.00. The van der Waals surface area contributed by atoms with E-state index in [1.807, 2.05) is 26.0 Å². The lowest BCUT2D eigenvalue weighted by atomic mass is 9.98. The zero-order valence-corrected chi connectivity index (χ0v) is 15.3. The summed E-state index contributed by atoms with van der Waals surface area (Å²) in [4.78, 5) is 20.9. The number of carboxylic acid groups (broad SMARTS) is 2. The van der Waals surface area contributed by atoms with Gasteiger partial charge in [0.15, 0.2) is 0 Å². The minimum Gasteiger partial charge on any atom is -0.497 e. The molecule has 0 aliphatic heterocycles. The highest BCUT2D eigenvalue weighted by molar-refractivity contribution is 5.79. The predicted octanol–water partition coefficient (Wildman–Crippen LogP) is 3.92. The third kappa shape index (κ3) is 7.92. The van der Waals surface area contributed by atoms with E-state index in [1.54, 1.807) is 7.11 Å². The molecule has 1 fully saturated rings. The molecular formula is C19H29NO5. The van der Waals surface area contributed by atoms with Crippen LogP contribution in [0, 0.1) is 13.8 Å². The summed E-state index contributed by atoms with van der Waals surface area (Å²) in [6, 6.07) is 4.38. The number of rotatable bonds is 4. The van der Waals surface area contributed by atoms with E-state index in [4.69, 9.17) is 19.7 Å². The molecule has 2 rings (SSSR count). The van der Waals surface area contributed by atoms with Gasteiger partial charge in [0.05, 0.1) is 13.5 Å². The highest BCUT2D eigenvalue weighted by Gasteiger charge is 2.16. The number of carbonyl (C=O) groups excluding carboxylic acids is 1. The van der Waals surface area contributed by atoms with Gasteiger partial charge in [-0.15, -0.1) is 0 Å². The van der Waals surface area contributed by atoms with Crippen molar-refractivity contribution < 1.29 is 24.5 Å². The summed E-state index contributed by atoms with van der Waals surface area (Å²) in [5.74, 6) is 1.01. The normalized spacial score (nSPS) is 14.7. The number of carbonyl (C=O) groups is 2. The lowest BCUT2D eigenvalue weighted by Gasteiger charge is -2.18. The highest BCUT2D eigenvalue weighted by atomic mass is 16.6. The zero-order valence-electron chi connectivity index (χ0n) is 15.3. The molecule has 1 aromatic rings. The van der Waals surface area contributed by atoms with Gasteiger partial charge in [-0.3, -0.25) is 4.79 Å². The van der Waals surface area contributed by atoms with Crippen LogP contribution < -0.4 is 10.1 Å². The molecule has 3 N–H and O–H groups in total. The van der Waals surface area contributed by atoms with Gasteiger partial charge in [0.2, 0.25) is 5.91 Å². The molecule has 0 saturated heterocycles. The Morgan fingerprint density at radius 3 is 2.00 bits per heavy atom. The molecule has 0 bridgehead atoms. The summed E-state index contributed by atoms with van der Waals surface area (Å²) in [5, 5.41) is 17.2. The quantitative estimate of drug-likeness (QED) is 0.715. The molecule has 6 heteroatoms. The van der Waals surface area contributed by atoms with E-state index in [-0.39, 0.29) is 5.91 Å². The van der Waals surface area contributed by atoms with Gasteiger partial charge >= 0.3 is 6.16 Å². The van der Waals surface area contributed by atoms with Crippen molar-refractivity contribution in [3.8, 4) is 5.75 Å². The standard InChI is InChI=1S/C18H27NO2.CH2O3/c1-13-10-16(21-3)11-14(2)17(13)12-18(20)19-15-8-6-4-5-7-9-15;2-1(3)4/h10-11,15H,4-9,12H2,1-3H3,(H,19,20);(H2,2,3,4). The fraction of sp³-hybridized carbons (Fsp3) is 0.579. The third-order valence-corrected chi connectivity index (χ3v) is 4.46. The maximum atomic E-state index is 12.3. The van der Waals surface area contributed by atoms with Gasteiger partial charge < -0.3 is 20.3 Å². The minimum absolute atomic E-state index is 0.151. The van der Waals surface area contributed by atoms with Crippen molar-refractivity contribution in [3.05, 3.63) is 28.8 Å². The molecule has 0 aromatic heterocycles. The molecule has 0 spiro atoms. The smallest absolute Gasteiger partial charge is 0.497 e. The molecule has 1 aromatic carbocycles. The average molecular weight is 351 g/mol. The number of nitrogens with one attached hydrogen (secondary N) is 1. The third-order valence-electron chi connectivity index (χ3n) is 4.46. The number of hydrogen-bond acceptors (Lipinski definition) is 3. The van der Waals surface area contributed by atoms with E-state index in [9.17, 15) is 4.79 Å². The molecule has 0 atom stereocenters. The maximum absolute atomic E-state index is 12.3. The molecule has 1 aliphatic rings. The van der Waals surface area contributed by atoms with Gasteiger partial charge in [0.1, 0.15) is 5.75 Å². The Kier molecular flexibility index (Phi) is 8.81. The van der Waals surface area contributed by atoms with Gasteiger partial charge in [-0.1, -0.05) is 25.7 Å². The molecule has 1 saturated carbocycles. The maximum Gasteiger partial charge on any atom is 0.503 e. The predicted molar refractivity (Wildman–Crippen MR) is 96.5 cm³/mol. The Balaban J connectivity index is 0.000000705. The first-order valence-corrected chi connectivity index (χ1v) is 8.68. The number of benzene rings is 1. The van der Waals surface area contributed by atoms with Crippen LogP contribution in [0.2, 0.25) is 0 Å². The Morgan fingerprint density at radius 1 is 1.08 bits per heavy atom. The van der Waals surface area contributed by atoms with Crippen LogP contribution in [0.4, 0.5) is 4.79 Å². The largest absolute Gasteiger partial charge is 0.503 e. The van der Waals surface area contributed by atoms with Crippen LogP contribution in [0.5, 0.6) is 5.75 Å². The van der Waals surface area contributed by atoms with Gasteiger partial charge in [-0.25, -0.2) is 4.79 Å². The first-order chi connectivity index (χ1) is 11.8. The van der Waals surface area contributed by atoms with Crippen molar-refractivity contribution in [2.24, 2.45) is 0 Å². The first-order valence-electron chi connectivity index (χ1n) is 8.68. The number of hydrogen-bond donors (Lipinski definition) is 3. The summed E-state index contributed by atoms with van der Waals surface area (Å²) in [6.45, 7) is 4.09. The van der Waals surface area contributed by atoms with Gasteiger partial charge in [0, 0.05) is 6.04 Å². The van der Waals surface area contributed by atoms with Crippen molar-refractivity contribution >= 4 is 12.1 Å². The number of methoxy groups -OCH3 is 1. The van der Waals surface area contributed by atoms with E-state index in [0.29, 0.717) is 12.5 Å². The molecule has 0 radical (unpaired) electrons. The van der Waals surface area contributed by atoms with Crippen molar-refractivity contribution in [1.82, 2.24) is 5.32 Å². The summed E-state index contributed by atoms with van der Waals surface area (Å²) >= 11 is 0. The van der Waals surface area contributed by atoms with Crippen LogP contribution in [-0.2, 0) is 11.2 Å². The lowest BCUT2D eigenvalue weighted by molar-refractivity contribution is -0.121. The van der Waals surface area contributed by atoms with Crippen molar-refractivity contribution in [1.29, 1.82) is 0 Å². The van der Waals surface area contributed by atoms with Crippen LogP contribution in [0.15, 0.2) is 12.1 Å². The van der Waals surface area contributed by atoms with Crippen molar-refractivity contribution in [3.63, 3.8) is 0 Å². The first kappa shape index (κ1) is 20.8. The topological polar surface area (TPSA) is 95.9 Å². The Bertz CT molecular complexity index is 550. The lowest BCUT2D eigenvalue weighted by Crippen LogP contribution is -2.35. The van der Waals surface area contributed by atoms with Crippen LogP contribution in [0.1, 0.15) is 55.2 Å². The molecule has 0 heterocycles. The van der Waals surface area contributed by atoms with E-state index in [1.165, 1.54) is 25.7 Å². The second-order valence-corrected chi connectivity index (χ2v) is 6.46.